The lowest BCUT2D eigenvalue weighted by Gasteiger charge is -2.20. The molecular formula is C18H21N5. The van der Waals surface area contributed by atoms with Crippen LogP contribution in [0.3, 0.4) is 0 Å². The minimum absolute atomic E-state index is 0.444. The standard InChI is InChI=1S/C18H21N5/c1-13(2)22-11-7-14(12-22)17-21-16-4-3-8-20-18(16)23(17)15-5-9-19-10-6-15/h3-6,8-10,13-14H,7,11-12H2,1-2H3. The van der Waals surface area contributed by atoms with E-state index in [0.717, 1.165) is 42.2 Å². The summed E-state index contributed by atoms with van der Waals surface area (Å²) < 4.78 is 2.20. The van der Waals surface area contributed by atoms with Gasteiger partial charge in [0, 0.05) is 37.1 Å². The van der Waals surface area contributed by atoms with Gasteiger partial charge in [0.05, 0.1) is 5.69 Å². The minimum atomic E-state index is 0.444. The SMILES string of the molecule is CC(C)N1CCC(c2nc3cccnc3n2-c2ccncc2)C1. The molecule has 5 heteroatoms. The maximum atomic E-state index is 4.92. The molecule has 1 atom stereocenters. The molecule has 0 spiro atoms. The molecule has 0 aromatic carbocycles. The number of hydrogen-bond donors (Lipinski definition) is 0. The molecule has 0 bridgehead atoms. The first kappa shape index (κ1) is 14.3. The number of likely N-dealkylation sites (tertiary alicyclic amines) is 1. The first-order valence-corrected chi connectivity index (χ1v) is 8.22. The molecule has 1 aliphatic heterocycles. The third kappa shape index (κ3) is 2.51. The summed E-state index contributed by atoms with van der Waals surface area (Å²) in [5, 5.41) is 0. The largest absolute Gasteiger partial charge is 0.300 e. The summed E-state index contributed by atoms with van der Waals surface area (Å²) in [4.78, 5) is 16.1. The van der Waals surface area contributed by atoms with Gasteiger partial charge >= 0.3 is 0 Å². The van der Waals surface area contributed by atoms with E-state index in [1.54, 1.807) is 0 Å². The van der Waals surface area contributed by atoms with Crippen molar-refractivity contribution in [2.75, 3.05) is 13.1 Å². The molecule has 1 fully saturated rings. The van der Waals surface area contributed by atoms with Crippen LogP contribution in [0.5, 0.6) is 0 Å². The highest BCUT2D eigenvalue weighted by atomic mass is 15.2. The van der Waals surface area contributed by atoms with Crippen molar-refractivity contribution in [3.05, 3.63) is 48.7 Å². The van der Waals surface area contributed by atoms with Crippen molar-refractivity contribution < 1.29 is 0 Å². The molecular weight excluding hydrogens is 286 g/mol. The fourth-order valence-electron chi connectivity index (χ4n) is 3.42. The van der Waals surface area contributed by atoms with E-state index in [1.165, 1.54) is 0 Å². The van der Waals surface area contributed by atoms with Gasteiger partial charge in [-0.2, -0.15) is 0 Å². The van der Waals surface area contributed by atoms with Crippen LogP contribution in [0.15, 0.2) is 42.9 Å². The lowest BCUT2D eigenvalue weighted by molar-refractivity contribution is 0.271. The molecule has 23 heavy (non-hydrogen) atoms. The van der Waals surface area contributed by atoms with Crippen LogP contribution < -0.4 is 0 Å². The number of imidazole rings is 1. The van der Waals surface area contributed by atoms with Gasteiger partial charge in [-0.3, -0.25) is 9.55 Å². The fourth-order valence-corrected chi connectivity index (χ4v) is 3.42. The van der Waals surface area contributed by atoms with Gasteiger partial charge < -0.3 is 4.90 Å². The third-order valence-electron chi connectivity index (χ3n) is 4.68. The molecule has 0 saturated carbocycles. The molecule has 5 nitrogen and oxygen atoms in total. The van der Waals surface area contributed by atoms with Gasteiger partial charge in [0.2, 0.25) is 0 Å². The first-order chi connectivity index (χ1) is 11.2. The Morgan fingerprint density at radius 1 is 1.13 bits per heavy atom. The van der Waals surface area contributed by atoms with E-state index < -0.39 is 0 Å². The van der Waals surface area contributed by atoms with Gasteiger partial charge in [-0.1, -0.05) is 0 Å². The number of nitrogens with zero attached hydrogens (tertiary/aromatic N) is 5. The zero-order valence-corrected chi connectivity index (χ0v) is 13.6. The first-order valence-electron chi connectivity index (χ1n) is 8.22. The van der Waals surface area contributed by atoms with E-state index in [-0.39, 0.29) is 0 Å². The summed E-state index contributed by atoms with van der Waals surface area (Å²) in [6.45, 7) is 6.72. The van der Waals surface area contributed by atoms with E-state index in [2.05, 4.69) is 33.3 Å². The van der Waals surface area contributed by atoms with Crippen molar-refractivity contribution >= 4 is 11.2 Å². The predicted octanol–water partition coefficient (Wildman–Crippen LogP) is 3.01. The van der Waals surface area contributed by atoms with Crippen molar-refractivity contribution in [2.45, 2.75) is 32.2 Å². The summed E-state index contributed by atoms with van der Waals surface area (Å²) in [5.74, 6) is 1.56. The highest BCUT2D eigenvalue weighted by Gasteiger charge is 2.30. The van der Waals surface area contributed by atoms with Crippen molar-refractivity contribution in [3.8, 4) is 5.69 Å². The second-order valence-corrected chi connectivity index (χ2v) is 6.43. The zero-order chi connectivity index (χ0) is 15.8. The number of fused-ring (bicyclic) bond motifs is 1. The van der Waals surface area contributed by atoms with Crippen LogP contribution in [0.4, 0.5) is 0 Å². The van der Waals surface area contributed by atoms with Gasteiger partial charge in [0.15, 0.2) is 5.65 Å². The van der Waals surface area contributed by atoms with Crippen molar-refractivity contribution in [3.63, 3.8) is 0 Å². The van der Waals surface area contributed by atoms with E-state index in [1.807, 2.05) is 42.9 Å². The summed E-state index contributed by atoms with van der Waals surface area (Å²) in [6.07, 6.45) is 6.62. The maximum absolute atomic E-state index is 4.92. The molecule has 118 valence electrons. The van der Waals surface area contributed by atoms with Crippen molar-refractivity contribution in [2.24, 2.45) is 0 Å². The predicted molar refractivity (Wildman–Crippen MR) is 90.7 cm³/mol. The maximum Gasteiger partial charge on any atom is 0.164 e. The topological polar surface area (TPSA) is 46.8 Å². The molecule has 4 rings (SSSR count). The van der Waals surface area contributed by atoms with E-state index in [0.29, 0.717) is 12.0 Å². The molecule has 3 aromatic rings. The van der Waals surface area contributed by atoms with Crippen LogP contribution >= 0.6 is 0 Å². The molecule has 0 aliphatic carbocycles. The molecule has 1 aliphatic rings. The molecule has 1 saturated heterocycles. The number of aromatic nitrogens is 4. The summed E-state index contributed by atoms with van der Waals surface area (Å²) in [7, 11) is 0. The molecule has 0 radical (unpaired) electrons. The Labute approximate surface area is 136 Å². The van der Waals surface area contributed by atoms with Crippen LogP contribution in [0.1, 0.15) is 32.0 Å². The Kier molecular flexibility index (Phi) is 3.58. The fraction of sp³-hybridized carbons (Fsp3) is 0.389. The second-order valence-electron chi connectivity index (χ2n) is 6.43. The van der Waals surface area contributed by atoms with Crippen molar-refractivity contribution in [1.29, 1.82) is 0 Å². The summed E-state index contributed by atoms with van der Waals surface area (Å²) in [5.41, 5.74) is 2.97. The Morgan fingerprint density at radius 2 is 1.96 bits per heavy atom. The van der Waals surface area contributed by atoms with Gasteiger partial charge in [-0.25, -0.2) is 9.97 Å². The van der Waals surface area contributed by atoms with Gasteiger partial charge in [-0.15, -0.1) is 0 Å². The Bertz CT molecular complexity index is 809. The average molecular weight is 307 g/mol. The van der Waals surface area contributed by atoms with Crippen LogP contribution in [-0.4, -0.2) is 43.6 Å². The highest BCUT2D eigenvalue weighted by molar-refractivity contribution is 5.74. The smallest absolute Gasteiger partial charge is 0.164 e. The third-order valence-corrected chi connectivity index (χ3v) is 4.68. The van der Waals surface area contributed by atoms with Gasteiger partial charge in [0.25, 0.3) is 0 Å². The van der Waals surface area contributed by atoms with Crippen LogP contribution in [-0.2, 0) is 0 Å². The monoisotopic (exact) mass is 307 g/mol. The molecule has 1 unspecified atom stereocenters. The minimum Gasteiger partial charge on any atom is -0.300 e. The number of rotatable bonds is 3. The molecule has 0 N–H and O–H groups in total. The average Bonchev–Trinajstić information content (AvgIpc) is 3.20. The highest BCUT2D eigenvalue weighted by Crippen LogP contribution is 2.31. The van der Waals surface area contributed by atoms with Crippen LogP contribution in [0.25, 0.3) is 16.9 Å². The van der Waals surface area contributed by atoms with Crippen LogP contribution in [0, 0.1) is 0 Å². The van der Waals surface area contributed by atoms with Crippen LogP contribution in [0.2, 0.25) is 0 Å². The van der Waals surface area contributed by atoms with Crippen molar-refractivity contribution in [1.82, 2.24) is 24.4 Å². The Hall–Kier alpha value is -2.27. The Balaban J connectivity index is 1.84. The van der Waals surface area contributed by atoms with Gasteiger partial charge in [-0.05, 0) is 51.1 Å². The summed E-state index contributed by atoms with van der Waals surface area (Å²) >= 11 is 0. The molecule has 4 heterocycles. The zero-order valence-electron chi connectivity index (χ0n) is 13.6. The Morgan fingerprint density at radius 3 is 2.70 bits per heavy atom. The second kappa shape index (κ2) is 5.74. The lowest BCUT2D eigenvalue weighted by Crippen LogP contribution is -2.28. The lowest BCUT2D eigenvalue weighted by atomic mass is 10.1. The number of pyridine rings is 2. The van der Waals surface area contributed by atoms with E-state index >= 15 is 0 Å². The normalized spacial score (nSPS) is 19.0. The van der Waals surface area contributed by atoms with E-state index in [4.69, 9.17) is 4.98 Å². The molecule has 0 amide bonds. The van der Waals surface area contributed by atoms with Gasteiger partial charge in [0.1, 0.15) is 11.3 Å². The van der Waals surface area contributed by atoms with E-state index in [9.17, 15) is 0 Å². The number of hydrogen-bond acceptors (Lipinski definition) is 4. The summed E-state index contributed by atoms with van der Waals surface area (Å²) in [6, 6.07) is 8.61. The quantitative estimate of drug-likeness (QED) is 0.746. The molecule has 3 aromatic heterocycles.